The zero-order chi connectivity index (χ0) is 19.4. The Bertz CT molecular complexity index is 978. The summed E-state index contributed by atoms with van der Waals surface area (Å²) in [6.45, 7) is 1.63. The Hall–Kier alpha value is -3.55. The monoisotopic (exact) mass is 370 g/mol. The fourth-order valence-corrected chi connectivity index (χ4v) is 2.34. The molecule has 1 heterocycles. The van der Waals surface area contributed by atoms with E-state index >= 15 is 0 Å². The van der Waals surface area contributed by atoms with Crippen LogP contribution in [0.25, 0.3) is 0 Å². The van der Waals surface area contributed by atoms with Crippen LogP contribution in [0.15, 0.2) is 48.5 Å². The minimum Gasteiger partial charge on any atom is -0.497 e. The number of aromatic nitrogens is 2. The number of benzene rings is 2. The summed E-state index contributed by atoms with van der Waals surface area (Å²) in [4.78, 5) is 20.7. The van der Waals surface area contributed by atoms with Crippen LogP contribution in [0, 0.1) is 18.6 Å². The van der Waals surface area contributed by atoms with Gasteiger partial charge in [-0.15, -0.1) is 0 Å². The second kappa shape index (κ2) is 7.77. The summed E-state index contributed by atoms with van der Waals surface area (Å²) in [5, 5.41) is 5.55. The third-order valence-electron chi connectivity index (χ3n) is 3.61. The highest BCUT2D eigenvalue weighted by Gasteiger charge is 2.12. The average Bonchev–Trinajstić information content (AvgIpc) is 2.65. The number of halogens is 2. The predicted molar refractivity (Wildman–Crippen MR) is 97.4 cm³/mol. The van der Waals surface area contributed by atoms with Gasteiger partial charge >= 0.3 is 0 Å². The Balaban J connectivity index is 1.79. The molecule has 0 bridgehead atoms. The van der Waals surface area contributed by atoms with Crippen molar-refractivity contribution < 1.29 is 18.3 Å². The van der Waals surface area contributed by atoms with Gasteiger partial charge in [0.25, 0.3) is 5.91 Å². The predicted octanol–water partition coefficient (Wildman–Crippen LogP) is 4.07. The molecule has 1 amide bonds. The molecule has 1 aromatic heterocycles. The second-order valence-electron chi connectivity index (χ2n) is 5.62. The quantitative estimate of drug-likeness (QED) is 0.708. The molecule has 3 aromatic rings. The number of methoxy groups -OCH3 is 1. The van der Waals surface area contributed by atoms with Gasteiger partial charge in [0, 0.05) is 23.5 Å². The molecule has 0 fully saturated rings. The molecule has 2 N–H and O–H groups in total. The van der Waals surface area contributed by atoms with Crippen LogP contribution in [0.1, 0.15) is 16.3 Å². The van der Waals surface area contributed by atoms with Gasteiger partial charge in [0.15, 0.2) is 11.6 Å². The van der Waals surface area contributed by atoms with Gasteiger partial charge in [-0.1, -0.05) is 0 Å². The van der Waals surface area contributed by atoms with Gasteiger partial charge < -0.3 is 15.4 Å². The summed E-state index contributed by atoms with van der Waals surface area (Å²) in [6, 6.07) is 11.6. The second-order valence-corrected chi connectivity index (χ2v) is 5.62. The lowest BCUT2D eigenvalue weighted by atomic mass is 10.2. The summed E-state index contributed by atoms with van der Waals surface area (Å²) in [6.07, 6.45) is 0. The molecule has 27 heavy (non-hydrogen) atoms. The summed E-state index contributed by atoms with van der Waals surface area (Å²) in [5.41, 5.74) is 1.00. The minimum atomic E-state index is -0.983. The van der Waals surface area contributed by atoms with Crippen LogP contribution >= 0.6 is 0 Å². The molecule has 0 spiro atoms. The van der Waals surface area contributed by atoms with Gasteiger partial charge in [-0.2, -0.15) is 0 Å². The third-order valence-corrected chi connectivity index (χ3v) is 3.61. The third kappa shape index (κ3) is 4.55. The number of carbonyl (C=O) groups excluding carboxylic acids is 1. The van der Waals surface area contributed by atoms with E-state index in [0.717, 1.165) is 12.1 Å². The molecular formula is C19H16F2N4O2. The van der Waals surface area contributed by atoms with Crippen molar-refractivity contribution in [2.45, 2.75) is 6.92 Å². The van der Waals surface area contributed by atoms with Crippen molar-refractivity contribution in [1.29, 1.82) is 0 Å². The minimum absolute atomic E-state index is 0.128. The van der Waals surface area contributed by atoms with E-state index in [2.05, 4.69) is 20.6 Å². The van der Waals surface area contributed by atoms with E-state index in [1.165, 1.54) is 12.1 Å². The van der Waals surface area contributed by atoms with E-state index in [1.807, 2.05) is 0 Å². The standard InChI is InChI=1S/C19H16F2N4O2/c1-11-22-17(19(26)25-12-3-6-14(27-2)7-4-12)10-18(23-11)24-13-5-8-15(20)16(21)9-13/h3-10H,1-2H3,(H,25,26)(H,22,23,24). The number of amides is 1. The first-order valence-electron chi connectivity index (χ1n) is 7.98. The molecule has 3 rings (SSSR count). The summed E-state index contributed by atoms with van der Waals surface area (Å²) < 4.78 is 31.5. The molecular weight excluding hydrogens is 354 g/mol. The lowest BCUT2D eigenvalue weighted by Crippen LogP contribution is -2.15. The van der Waals surface area contributed by atoms with Crippen LogP contribution in [-0.2, 0) is 0 Å². The Morgan fingerprint density at radius 2 is 1.67 bits per heavy atom. The maximum absolute atomic E-state index is 13.3. The number of hydrogen-bond acceptors (Lipinski definition) is 5. The molecule has 0 saturated carbocycles. The van der Waals surface area contributed by atoms with E-state index in [1.54, 1.807) is 38.3 Å². The zero-order valence-corrected chi connectivity index (χ0v) is 14.6. The van der Waals surface area contributed by atoms with E-state index in [-0.39, 0.29) is 11.5 Å². The van der Waals surface area contributed by atoms with Gasteiger partial charge in [0.2, 0.25) is 0 Å². The SMILES string of the molecule is COc1ccc(NC(=O)c2cc(Nc3ccc(F)c(F)c3)nc(C)n2)cc1. The number of nitrogens with one attached hydrogen (secondary N) is 2. The molecule has 2 aromatic carbocycles. The summed E-state index contributed by atoms with van der Waals surface area (Å²) in [5.74, 6) is -1.05. The topological polar surface area (TPSA) is 76.1 Å². The van der Waals surface area contributed by atoms with E-state index in [9.17, 15) is 13.6 Å². The van der Waals surface area contributed by atoms with E-state index in [0.29, 0.717) is 22.9 Å². The Morgan fingerprint density at radius 3 is 2.33 bits per heavy atom. The van der Waals surface area contributed by atoms with Crippen molar-refractivity contribution in [1.82, 2.24) is 9.97 Å². The lowest BCUT2D eigenvalue weighted by Gasteiger charge is -2.10. The normalized spacial score (nSPS) is 10.4. The maximum Gasteiger partial charge on any atom is 0.274 e. The number of hydrogen-bond donors (Lipinski definition) is 2. The first-order chi connectivity index (χ1) is 12.9. The van der Waals surface area contributed by atoms with Gasteiger partial charge in [0.1, 0.15) is 23.1 Å². The number of nitrogens with zero attached hydrogens (tertiary/aromatic N) is 2. The number of carbonyl (C=O) groups is 1. The maximum atomic E-state index is 13.3. The van der Waals surface area contributed by atoms with Gasteiger partial charge in [-0.25, -0.2) is 18.7 Å². The van der Waals surface area contributed by atoms with Crippen molar-refractivity contribution in [3.63, 3.8) is 0 Å². The van der Waals surface area contributed by atoms with Crippen molar-refractivity contribution in [3.8, 4) is 5.75 Å². The molecule has 6 nitrogen and oxygen atoms in total. The van der Waals surface area contributed by atoms with E-state index in [4.69, 9.17) is 4.74 Å². The van der Waals surface area contributed by atoms with Gasteiger partial charge in [-0.05, 0) is 43.3 Å². The molecule has 0 aliphatic heterocycles. The number of aryl methyl sites for hydroxylation is 1. The number of rotatable bonds is 5. The molecule has 0 aliphatic rings. The molecule has 8 heteroatoms. The summed E-state index contributed by atoms with van der Waals surface area (Å²) in [7, 11) is 1.55. The smallest absolute Gasteiger partial charge is 0.274 e. The molecule has 138 valence electrons. The van der Waals surface area contributed by atoms with Crippen LogP contribution < -0.4 is 15.4 Å². The van der Waals surface area contributed by atoms with Crippen LogP contribution in [0.5, 0.6) is 5.75 Å². The largest absolute Gasteiger partial charge is 0.497 e. The van der Waals surface area contributed by atoms with Crippen molar-refractivity contribution in [3.05, 3.63) is 71.7 Å². The molecule has 0 aliphatic carbocycles. The van der Waals surface area contributed by atoms with Crippen LogP contribution in [0.2, 0.25) is 0 Å². The zero-order valence-electron chi connectivity index (χ0n) is 14.6. The molecule has 0 saturated heterocycles. The molecule has 0 atom stereocenters. The molecule has 0 unspecified atom stereocenters. The lowest BCUT2D eigenvalue weighted by molar-refractivity contribution is 0.102. The average molecular weight is 370 g/mol. The Labute approximate surface area is 154 Å². The highest BCUT2D eigenvalue weighted by atomic mass is 19.2. The van der Waals surface area contributed by atoms with Crippen LogP contribution in [0.3, 0.4) is 0 Å². The summed E-state index contributed by atoms with van der Waals surface area (Å²) >= 11 is 0. The first-order valence-corrected chi connectivity index (χ1v) is 7.98. The Morgan fingerprint density at radius 1 is 0.963 bits per heavy atom. The number of ether oxygens (including phenoxy) is 1. The van der Waals surface area contributed by atoms with E-state index < -0.39 is 17.5 Å². The highest BCUT2D eigenvalue weighted by Crippen LogP contribution is 2.19. The van der Waals surface area contributed by atoms with Crippen LogP contribution in [-0.4, -0.2) is 23.0 Å². The fourth-order valence-electron chi connectivity index (χ4n) is 2.34. The highest BCUT2D eigenvalue weighted by molar-refractivity contribution is 6.03. The van der Waals surface area contributed by atoms with Gasteiger partial charge in [0.05, 0.1) is 7.11 Å². The van der Waals surface area contributed by atoms with Crippen molar-refractivity contribution in [2.75, 3.05) is 17.7 Å². The Kier molecular flexibility index (Phi) is 5.25. The van der Waals surface area contributed by atoms with Crippen molar-refractivity contribution >= 4 is 23.1 Å². The number of anilines is 3. The van der Waals surface area contributed by atoms with Gasteiger partial charge in [-0.3, -0.25) is 4.79 Å². The first kappa shape index (κ1) is 18.2. The fraction of sp³-hybridized carbons (Fsp3) is 0.105. The van der Waals surface area contributed by atoms with Crippen LogP contribution in [0.4, 0.5) is 26.0 Å². The van der Waals surface area contributed by atoms with Crippen molar-refractivity contribution in [2.24, 2.45) is 0 Å². The molecule has 0 radical (unpaired) electrons.